The van der Waals surface area contributed by atoms with Crippen molar-refractivity contribution in [2.24, 2.45) is 0 Å². The number of aryl methyl sites for hydroxylation is 1. The van der Waals surface area contributed by atoms with Gasteiger partial charge < -0.3 is 14.5 Å². The molecule has 0 aromatic heterocycles. The van der Waals surface area contributed by atoms with Crippen molar-refractivity contribution in [3.05, 3.63) is 23.8 Å². The highest BCUT2D eigenvalue weighted by Gasteiger charge is 2.26. The lowest BCUT2D eigenvalue weighted by atomic mass is 10.1. The number of hydrogen-bond acceptors (Lipinski definition) is 3. The van der Waals surface area contributed by atoms with Crippen LogP contribution in [0.5, 0.6) is 5.75 Å². The molecule has 3 rings (SSSR count). The average molecular weight is 316 g/mol. The third-order valence-corrected chi connectivity index (χ3v) is 4.84. The molecule has 0 atom stereocenters. The van der Waals surface area contributed by atoms with Crippen LogP contribution in [0, 0.1) is 0 Å². The number of benzene rings is 1. The van der Waals surface area contributed by atoms with Crippen LogP contribution in [0.2, 0.25) is 0 Å². The summed E-state index contributed by atoms with van der Waals surface area (Å²) in [5.41, 5.74) is 2.24. The van der Waals surface area contributed by atoms with Crippen LogP contribution in [-0.4, -0.2) is 43.6 Å². The van der Waals surface area contributed by atoms with Crippen molar-refractivity contribution in [1.29, 1.82) is 0 Å². The standard InChI is InChI=1S/C19H28N2O2/c1-2-7-16-8-9-18-17(14-16)21(19(22)15-23-18)13-12-20-10-5-3-4-6-11-20/h8-9,14H,2-7,10-13,15H2,1H3. The van der Waals surface area contributed by atoms with Crippen molar-refractivity contribution >= 4 is 11.6 Å². The summed E-state index contributed by atoms with van der Waals surface area (Å²) in [6.07, 6.45) is 7.41. The van der Waals surface area contributed by atoms with Crippen LogP contribution in [0.15, 0.2) is 18.2 Å². The van der Waals surface area contributed by atoms with E-state index in [0.29, 0.717) is 0 Å². The Bertz CT molecular complexity index is 536. The molecule has 2 heterocycles. The maximum Gasteiger partial charge on any atom is 0.265 e. The minimum atomic E-state index is 0.0842. The number of rotatable bonds is 5. The lowest BCUT2D eigenvalue weighted by molar-refractivity contribution is -0.121. The Morgan fingerprint density at radius 1 is 1.09 bits per heavy atom. The van der Waals surface area contributed by atoms with E-state index in [1.165, 1.54) is 44.3 Å². The van der Waals surface area contributed by atoms with Crippen molar-refractivity contribution in [3.63, 3.8) is 0 Å². The molecular weight excluding hydrogens is 288 g/mol. The van der Waals surface area contributed by atoms with Crippen LogP contribution in [0.3, 0.4) is 0 Å². The Hall–Kier alpha value is -1.55. The molecule has 1 fully saturated rings. The molecule has 0 bridgehead atoms. The largest absolute Gasteiger partial charge is 0.482 e. The molecule has 126 valence electrons. The maximum atomic E-state index is 12.3. The van der Waals surface area contributed by atoms with Crippen LogP contribution >= 0.6 is 0 Å². The van der Waals surface area contributed by atoms with Gasteiger partial charge in [-0.3, -0.25) is 4.79 Å². The van der Waals surface area contributed by atoms with Gasteiger partial charge in [0, 0.05) is 13.1 Å². The third-order valence-electron chi connectivity index (χ3n) is 4.84. The summed E-state index contributed by atoms with van der Waals surface area (Å²) in [5, 5.41) is 0. The number of anilines is 1. The maximum absolute atomic E-state index is 12.3. The molecule has 0 N–H and O–H groups in total. The molecule has 0 saturated carbocycles. The van der Waals surface area contributed by atoms with Gasteiger partial charge in [-0.1, -0.05) is 32.3 Å². The summed E-state index contributed by atoms with van der Waals surface area (Å²) < 4.78 is 5.61. The molecule has 2 aliphatic heterocycles. The summed E-state index contributed by atoms with van der Waals surface area (Å²) >= 11 is 0. The predicted molar refractivity (Wildman–Crippen MR) is 93.2 cm³/mol. The first kappa shape index (κ1) is 16.3. The predicted octanol–water partition coefficient (Wildman–Crippen LogP) is 3.24. The quantitative estimate of drug-likeness (QED) is 0.836. The Morgan fingerprint density at radius 2 is 1.87 bits per heavy atom. The molecule has 0 radical (unpaired) electrons. The van der Waals surface area contributed by atoms with E-state index in [0.717, 1.165) is 37.4 Å². The lowest BCUT2D eigenvalue weighted by Crippen LogP contribution is -2.43. The van der Waals surface area contributed by atoms with Crippen LogP contribution in [-0.2, 0) is 11.2 Å². The zero-order valence-corrected chi connectivity index (χ0v) is 14.2. The summed E-state index contributed by atoms with van der Waals surface area (Å²) in [4.78, 5) is 16.8. The Labute approximate surface area is 139 Å². The van der Waals surface area contributed by atoms with Crippen molar-refractivity contribution in [2.75, 3.05) is 37.7 Å². The fourth-order valence-electron chi connectivity index (χ4n) is 3.54. The van der Waals surface area contributed by atoms with Crippen LogP contribution in [0.25, 0.3) is 0 Å². The van der Waals surface area contributed by atoms with Gasteiger partial charge in [0.1, 0.15) is 5.75 Å². The first-order valence-corrected chi connectivity index (χ1v) is 9.06. The molecule has 1 aromatic rings. The van der Waals surface area contributed by atoms with Crippen molar-refractivity contribution < 1.29 is 9.53 Å². The van der Waals surface area contributed by atoms with Gasteiger partial charge >= 0.3 is 0 Å². The van der Waals surface area contributed by atoms with Crippen LogP contribution in [0.4, 0.5) is 5.69 Å². The van der Waals surface area contributed by atoms with E-state index in [1.807, 2.05) is 11.0 Å². The Balaban J connectivity index is 1.71. The number of carbonyl (C=O) groups is 1. The minimum absolute atomic E-state index is 0.0842. The van der Waals surface area contributed by atoms with Gasteiger partial charge in [0.2, 0.25) is 0 Å². The summed E-state index contributed by atoms with van der Waals surface area (Å²) in [7, 11) is 0. The van der Waals surface area contributed by atoms with Gasteiger partial charge in [-0.15, -0.1) is 0 Å². The van der Waals surface area contributed by atoms with E-state index in [9.17, 15) is 4.79 Å². The fraction of sp³-hybridized carbons (Fsp3) is 0.632. The third kappa shape index (κ3) is 4.05. The summed E-state index contributed by atoms with van der Waals surface area (Å²) in [6, 6.07) is 6.27. The average Bonchev–Trinajstić information content (AvgIpc) is 2.83. The number of nitrogens with zero attached hydrogens (tertiary/aromatic N) is 2. The van der Waals surface area contributed by atoms with Gasteiger partial charge in [-0.2, -0.15) is 0 Å². The smallest absolute Gasteiger partial charge is 0.265 e. The van der Waals surface area contributed by atoms with Crippen LogP contribution in [0.1, 0.15) is 44.6 Å². The van der Waals surface area contributed by atoms with Gasteiger partial charge in [-0.05, 0) is 50.0 Å². The highest BCUT2D eigenvalue weighted by molar-refractivity contribution is 5.97. The molecule has 1 aromatic carbocycles. The first-order chi connectivity index (χ1) is 11.3. The minimum Gasteiger partial charge on any atom is -0.482 e. The van der Waals surface area contributed by atoms with E-state index in [4.69, 9.17) is 4.74 Å². The number of amides is 1. The van der Waals surface area contributed by atoms with Crippen molar-refractivity contribution in [2.45, 2.75) is 45.4 Å². The van der Waals surface area contributed by atoms with E-state index in [1.54, 1.807) is 0 Å². The number of carbonyl (C=O) groups excluding carboxylic acids is 1. The second-order valence-electron chi connectivity index (χ2n) is 6.64. The topological polar surface area (TPSA) is 32.8 Å². The zero-order chi connectivity index (χ0) is 16.1. The molecule has 4 heteroatoms. The summed E-state index contributed by atoms with van der Waals surface area (Å²) in [5.74, 6) is 0.932. The van der Waals surface area contributed by atoms with Gasteiger partial charge in [-0.25, -0.2) is 0 Å². The van der Waals surface area contributed by atoms with E-state index in [-0.39, 0.29) is 12.5 Å². The van der Waals surface area contributed by atoms with Crippen LogP contribution < -0.4 is 9.64 Å². The van der Waals surface area contributed by atoms with E-state index < -0.39 is 0 Å². The Kier molecular flexibility index (Phi) is 5.55. The number of hydrogen-bond donors (Lipinski definition) is 0. The number of fused-ring (bicyclic) bond motifs is 1. The molecule has 23 heavy (non-hydrogen) atoms. The summed E-state index contributed by atoms with van der Waals surface area (Å²) in [6.45, 7) is 6.41. The fourth-order valence-corrected chi connectivity index (χ4v) is 3.54. The molecule has 0 unspecified atom stereocenters. The SMILES string of the molecule is CCCc1ccc2c(c1)N(CCN1CCCCCC1)C(=O)CO2. The molecule has 1 amide bonds. The second kappa shape index (κ2) is 7.82. The number of ether oxygens (including phenoxy) is 1. The molecule has 0 aliphatic carbocycles. The van der Waals surface area contributed by atoms with E-state index in [2.05, 4.69) is 24.0 Å². The molecule has 2 aliphatic rings. The monoisotopic (exact) mass is 316 g/mol. The van der Waals surface area contributed by atoms with Crippen molar-refractivity contribution in [3.8, 4) is 5.75 Å². The molecule has 4 nitrogen and oxygen atoms in total. The highest BCUT2D eigenvalue weighted by Crippen LogP contribution is 2.33. The highest BCUT2D eigenvalue weighted by atomic mass is 16.5. The lowest BCUT2D eigenvalue weighted by Gasteiger charge is -2.32. The molecular formula is C19H28N2O2. The van der Waals surface area contributed by atoms with E-state index >= 15 is 0 Å². The Morgan fingerprint density at radius 3 is 2.61 bits per heavy atom. The van der Waals surface area contributed by atoms with Gasteiger partial charge in [0.25, 0.3) is 5.91 Å². The second-order valence-corrected chi connectivity index (χ2v) is 6.64. The van der Waals surface area contributed by atoms with Crippen molar-refractivity contribution in [1.82, 2.24) is 4.90 Å². The first-order valence-electron chi connectivity index (χ1n) is 9.06. The number of likely N-dealkylation sites (tertiary alicyclic amines) is 1. The molecule has 1 saturated heterocycles. The normalized spacial score (nSPS) is 19.2. The van der Waals surface area contributed by atoms with Gasteiger partial charge in [0.15, 0.2) is 6.61 Å². The zero-order valence-electron chi connectivity index (χ0n) is 14.2. The molecule has 0 spiro atoms. The van der Waals surface area contributed by atoms with Gasteiger partial charge in [0.05, 0.1) is 5.69 Å².